The zero-order valence-electron chi connectivity index (χ0n) is 10.3. The van der Waals surface area contributed by atoms with Crippen molar-refractivity contribution in [2.45, 2.75) is 65.1 Å². The summed E-state index contributed by atoms with van der Waals surface area (Å²) in [6, 6.07) is 0.972. The molecule has 0 amide bonds. The van der Waals surface area contributed by atoms with Crippen LogP contribution in [0.4, 0.5) is 0 Å². The molecule has 0 bridgehead atoms. The summed E-state index contributed by atoms with van der Waals surface area (Å²) < 4.78 is 5.09. The third-order valence-electron chi connectivity index (χ3n) is 3.19. The molecule has 0 aromatic carbocycles. The first-order valence-electron chi connectivity index (χ1n) is 6.11. The Morgan fingerprint density at radius 1 is 1.40 bits per heavy atom. The summed E-state index contributed by atoms with van der Waals surface area (Å²) in [5, 5.41) is 0. The quantitative estimate of drug-likeness (QED) is 0.500. The molecule has 1 aliphatic heterocycles. The first-order valence-corrected chi connectivity index (χ1v) is 6.11. The first kappa shape index (κ1) is 12.5. The van der Waals surface area contributed by atoms with E-state index < -0.39 is 0 Å². The Hall–Kier alpha value is -0.570. The van der Waals surface area contributed by atoms with Crippen LogP contribution in [0.25, 0.3) is 0 Å². The Morgan fingerprint density at radius 3 is 2.53 bits per heavy atom. The van der Waals surface area contributed by atoms with Crippen molar-refractivity contribution in [3.05, 3.63) is 0 Å². The molecule has 1 aliphatic rings. The van der Waals surface area contributed by atoms with Gasteiger partial charge in [0.1, 0.15) is 6.04 Å². The highest BCUT2D eigenvalue weighted by Gasteiger charge is 2.54. The number of esters is 1. The van der Waals surface area contributed by atoms with Crippen molar-refractivity contribution in [1.29, 1.82) is 0 Å². The number of carbonyl (C=O) groups excluding carboxylic acids is 1. The van der Waals surface area contributed by atoms with Crippen LogP contribution in [0.15, 0.2) is 0 Å². The lowest BCUT2D eigenvalue weighted by atomic mass is 10.2. The lowest BCUT2D eigenvalue weighted by Crippen LogP contribution is -2.21. The van der Waals surface area contributed by atoms with E-state index >= 15 is 0 Å². The zero-order valence-corrected chi connectivity index (χ0v) is 10.3. The van der Waals surface area contributed by atoms with E-state index in [9.17, 15) is 4.79 Å². The lowest BCUT2D eigenvalue weighted by Gasteiger charge is -2.11. The van der Waals surface area contributed by atoms with E-state index in [4.69, 9.17) is 4.74 Å². The second-order valence-electron chi connectivity index (χ2n) is 4.26. The fourth-order valence-electron chi connectivity index (χ4n) is 2.22. The summed E-state index contributed by atoms with van der Waals surface area (Å²) in [6.07, 6.45) is 3.33. The van der Waals surface area contributed by atoms with E-state index in [2.05, 4.69) is 25.7 Å². The number of nitrogens with zero attached hydrogens (tertiary/aromatic N) is 1. The minimum atomic E-state index is -0.0312. The van der Waals surface area contributed by atoms with Crippen LogP contribution in [-0.2, 0) is 9.53 Å². The Kier molecular flexibility index (Phi) is 4.58. The van der Waals surface area contributed by atoms with Crippen molar-refractivity contribution in [1.82, 2.24) is 4.90 Å². The molecule has 0 aromatic rings. The molecule has 0 radical (unpaired) electrons. The molecule has 0 aliphatic carbocycles. The summed E-state index contributed by atoms with van der Waals surface area (Å²) in [5.74, 6) is -0.0312. The molecular weight excluding hydrogens is 190 g/mol. The molecule has 0 N–H and O–H groups in total. The normalized spacial score (nSPS) is 31.1. The number of carbonyl (C=O) groups is 1. The van der Waals surface area contributed by atoms with Gasteiger partial charge in [-0.1, -0.05) is 20.3 Å². The van der Waals surface area contributed by atoms with Gasteiger partial charge in [-0.3, -0.25) is 9.69 Å². The summed E-state index contributed by atoms with van der Waals surface area (Å²) in [4.78, 5) is 14.0. The van der Waals surface area contributed by atoms with E-state index in [1.807, 2.05) is 6.92 Å². The highest BCUT2D eigenvalue weighted by atomic mass is 16.5. The van der Waals surface area contributed by atoms with Gasteiger partial charge >= 0.3 is 5.97 Å². The fraction of sp³-hybridized carbons (Fsp3) is 0.917. The summed E-state index contributed by atoms with van der Waals surface area (Å²) in [5.41, 5.74) is 0. The molecule has 1 heterocycles. The number of hydrogen-bond acceptors (Lipinski definition) is 3. The van der Waals surface area contributed by atoms with Gasteiger partial charge < -0.3 is 4.74 Å². The average Bonchev–Trinajstić information content (AvgIpc) is 2.92. The van der Waals surface area contributed by atoms with E-state index in [1.54, 1.807) is 0 Å². The lowest BCUT2D eigenvalue weighted by molar-refractivity contribution is -0.143. The van der Waals surface area contributed by atoms with E-state index in [-0.39, 0.29) is 12.0 Å². The molecule has 1 rings (SSSR count). The standard InChI is InChI=1S/C12H23NO2/c1-5-8-10-11(12(14)15-7-3)13(10)9(4)6-2/h9-11H,5-8H2,1-4H3. The SMILES string of the molecule is CCCC1C(C(=O)OCC)N1C(C)CC. The van der Waals surface area contributed by atoms with Crippen LogP contribution in [0.5, 0.6) is 0 Å². The molecule has 3 nitrogen and oxygen atoms in total. The highest BCUT2D eigenvalue weighted by Crippen LogP contribution is 2.36. The first-order chi connectivity index (χ1) is 7.17. The largest absolute Gasteiger partial charge is 0.465 e. The van der Waals surface area contributed by atoms with Crippen molar-refractivity contribution >= 4 is 5.97 Å². The van der Waals surface area contributed by atoms with Crippen LogP contribution in [0.2, 0.25) is 0 Å². The van der Waals surface area contributed by atoms with E-state index in [0.717, 1.165) is 19.3 Å². The molecule has 15 heavy (non-hydrogen) atoms. The molecule has 3 heteroatoms. The molecule has 1 fully saturated rings. The minimum Gasteiger partial charge on any atom is -0.465 e. The van der Waals surface area contributed by atoms with Gasteiger partial charge in [0, 0.05) is 12.1 Å². The predicted molar refractivity (Wildman–Crippen MR) is 60.7 cm³/mol. The smallest absolute Gasteiger partial charge is 0.325 e. The minimum absolute atomic E-state index is 0.0312. The number of rotatable bonds is 6. The molecule has 0 spiro atoms. The monoisotopic (exact) mass is 213 g/mol. The van der Waals surface area contributed by atoms with Crippen molar-refractivity contribution in [2.24, 2.45) is 0 Å². The maximum absolute atomic E-state index is 11.7. The molecule has 0 aromatic heterocycles. The Morgan fingerprint density at radius 2 is 2.07 bits per heavy atom. The topological polar surface area (TPSA) is 29.3 Å². The van der Waals surface area contributed by atoms with Crippen molar-refractivity contribution < 1.29 is 9.53 Å². The average molecular weight is 213 g/mol. The maximum atomic E-state index is 11.7. The zero-order chi connectivity index (χ0) is 11.4. The molecule has 4 atom stereocenters. The molecule has 1 saturated heterocycles. The van der Waals surface area contributed by atoms with Crippen LogP contribution < -0.4 is 0 Å². The Balaban J connectivity index is 2.52. The van der Waals surface area contributed by atoms with Gasteiger partial charge in [0.05, 0.1) is 6.61 Å². The van der Waals surface area contributed by atoms with Gasteiger partial charge in [-0.15, -0.1) is 0 Å². The van der Waals surface area contributed by atoms with Gasteiger partial charge in [0.25, 0.3) is 0 Å². The second kappa shape index (κ2) is 5.50. The summed E-state index contributed by atoms with van der Waals surface area (Å²) in [6.45, 7) is 8.86. The van der Waals surface area contributed by atoms with Gasteiger partial charge in [-0.25, -0.2) is 0 Å². The number of hydrogen-bond donors (Lipinski definition) is 0. The molecule has 88 valence electrons. The van der Waals surface area contributed by atoms with Gasteiger partial charge in [0.15, 0.2) is 0 Å². The summed E-state index contributed by atoms with van der Waals surface area (Å²) >= 11 is 0. The predicted octanol–water partition coefficient (Wildman–Crippen LogP) is 2.20. The van der Waals surface area contributed by atoms with E-state index in [0.29, 0.717) is 18.7 Å². The van der Waals surface area contributed by atoms with Crippen molar-refractivity contribution in [3.8, 4) is 0 Å². The fourth-order valence-corrected chi connectivity index (χ4v) is 2.22. The second-order valence-corrected chi connectivity index (χ2v) is 4.26. The van der Waals surface area contributed by atoms with Gasteiger partial charge in [-0.05, 0) is 26.7 Å². The van der Waals surface area contributed by atoms with Crippen LogP contribution in [0.1, 0.15) is 47.0 Å². The Bertz CT molecular complexity index is 218. The molecular formula is C12H23NO2. The highest BCUT2D eigenvalue weighted by molar-refractivity contribution is 5.80. The molecule has 0 saturated carbocycles. The van der Waals surface area contributed by atoms with Crippen LogP contribution in [0.3, 0.4) is 0 Å². The molecule has 4 unspecified atom stereocenters. The van der Waals surface area contributed by atoms with Crippen LogP contribution in [-0.4, -0.2) is 35.6 Å². The third-order valence-corrected chi connectivity index (χ3v) is 3.19. The van der Waals surface area contributed by atoms with Crippen molar-refractivity contribution in [2.75, 3.05) is 6.61 Å². The van der Waals surface area contributed by atoms with Crippen LogP contribution >= 0.6 is 0 Å². The third kappa shape index (κ3) is 2.71. The van der Waals surface area contributed by atoms with E-state index in [1.165, 1.54) is 0 Å². The van der Waals surface area contributed by atoms with Crippen molar-refractivity contribution in [3.63, 3.8) is 0 Å². The summed E-state index contributed by atoms with van der Waals surface area (Å²) in [7, 11) is 0. The van der Waals surface area contributed by atoms with Crippen LogP contribution in [0, 0.1) is 0 Å². The van der Waals surface area contributed by atoms with Gasteiger partial charge in [-0.2, -0.15) is 0 Å². The maximum Gasteiger partial charge on any atom is 0.325 e. The van der Waals surface area contributed by atoms with Gasteiger partial charge in [0.2, 0.25) is 0 Å². The number of ether oxygens (including phenoxy) is 1. The Labute approximate surface area is 92.8 Å².